The van der Waals surface area contributed by atoms with E-state index in [2.05, 4.69) is 4.98 Å². The van der Waals surface area contributed by atoms with Crippen molar-refractivity contribution in [1.82, 2.24) is 9.88 Å². The molecule has 2 aromatic heterocycles. The van der Waals surface area contributed by atoms with Crippen LogP contribution in [0.3, 0.4) is 0 Å². The molecule has 0 N–H and O–H groups in total. The predicted molar refractivity (Wildman–Crippen MR) is 110 cm³/mol. The molecule has 1 aromatic carbocycles. The van der Waals surface area contributed by atoms with Crippen LogP contribution in [0, 0.1) is 0 Å². The number of thiophene rings is 1. The van der Waals surface area contributed by atoms with Crippen LogP contribution in [0.25, 0.3) is 10.2 Å². The Balaban J connectivity index is 1.38. The number of benzene rings is 1. The van der Waals surface area contributed by atoms with Crippen LogP contribution in [-0.2, 0) is 0 Å². The second-order valence-corrected chi connectivity index (χ2v) is 9.44. The highest BCUT2D eigenvalue weighted by Gasteiger charge is 2.27. The number of nitrogens with zero attached hydrogens (tertiary/aromatic N) is 2. The minimum absolute atomic E-state index is 0.0399. The van der Waals surface area contributed by atoms with E-state index in [1.165, 1.54) is 22.7 Å². The number of hydrogen-bond acceptors (Lipinski definition) is 6. The average molecular weight is 443 g/mol. The Morgan fingerprint density at radius 3 is 2.67 bits per heavy atom. The molecule has 0 spiro atoms. The van der Waals surface area contributed by atoms with E-state index in [4.69, 9.17) is 32.7 Å². The molecule has 1 saturated heterocycles. The molecule has 3 aromatic rings. The molecule has 1 fully saturated rings. The maximum atomic E-state index is 12.6. The van der Waals surface area contributed by atoms with E-state index >= 15 is 0 Å². The number of methoxy groups -OCH3 is 1. The van der Waals surface area contributed by atoms with Gasteiger partial charge in [0.25, 0.3) is 11.1 Å². The minimum Gasteiger partial charge on any atom is -0.497 e. The van der Waals surface area contributed by atoms with Crippen molar-refractivity contribution in [2.45, 2.75) is 18.9 Å². The molecule has 5 nitrogen and oxygen atoms in total. The summed E-state index contributed by atoms with van der Waals surface area (Å²) in [6, 6.07) is 7.40. The number of likely N-dealkylation sites (tertiary alicyclic amines) is 1. The number of carbonyl (C=O) groups excluding carboxylic acids is 1. The maximum absolute atomic E-state index is 12.6. The lowest BCUT2D eigenvalue weighted by Crippen LogP contribution is -2.41. The summed E-state index contributed by atoms with van der Waals surface area (Å²) in [5.74, 6) is 0.727. The minimum atomic E-state index is -0.0753. The van der Waals surface area contributed by atoms with E-state index in [9.17, 15) is 4.79 Å². The molecule has 0 unspecified atom stereocenters. The van der Waals surface area contributed by atoms with Crippen LogP contribution < -0.4 is 9.47 Å². The van der Waals surface area contributed by atoms with Crippen molar-refractivity contribution in [2.24, 2.45) is 0 Å². The van der Waals surface area contributed by atoms with Crippen LogP contribution in [0.15, 0.2) is 24.3 Å². The summed E-state index contributed by atoms with van der Waals surface area (Å²) >= 11 is 14.8. The summed E-state index contributed by atoms with van der Waals surface area (Å²) in [4.78, 5) is 18.9. The monoisotopic (exact) mass is 442 g/mol. The average Bonchev–Trinajstić information content (AvgIpc) is 3.22. The smallest absolute Gasteiger partial charge is 0.274 e. The van der Waals surface area contributed by atoms with E-state index in [1.54, 1.807) is 18.1 Å². The fourth-order valence-electron chi connectivity index (χ4n) is 3.04. The predicted octanol–water partition coefficient (Wildman–Crippen LogP) is 5.36. The van der Waals surface area contributed by atoms with E-state index in [-0.39, 0.29) is 12.0 Å². The van der Waals surface area contributed by atoms with Gasteiger partial charge < -0.3 is 14.4 Å². The van der Waals surface area contributed by atoms with Crippen LogP contribution in [0.1, 0.15) is 23.2 Å². The van der Waals surface area contributed by atoms with Gasteiger partial charge in [-0.2, -0.15) is 0 Å². The first-order valence-corrected chi connectivity index (χ1v) is 10.8. The lowest BCUT2D eigenvalue weighted by atomic mass is 10.1. The van der Waals surface area contributed by atoms with E-state index in [0.29, 0.717) is 32.5 Å². The number of fused-ring (bicyclic) bond motifs is 1. The summed E-state index contributed by atoms with van der Waals surface area (Å²) in [6.07, 6.45) is 1.54. The summed E-state index contributed by atoms with van der Waals surface area (Å²) in [5, 5.41) is 0.649. The Kier molecular flexibility index (Phi) is 5.45. The quantitative estimate of drug-likeness (QED) is 0.545. The topological polar surface area (TPSA) is 51.7 Å². The van der Waals surface area contributed by atoms with Gasteiger partial charge in [0.1, 0.15) is 16.2 Å². The van der Waals surface area contributed by atoms with Gasteiger partial charge in [0.2, 0.25) is 0 Å². The van der Waals surface area contributed by atoms with Crippen LogP contribution in [0.4, 0.5) is 0 Å². The number of amides is 1. The molecular weight excluding hydrogens is 427 g/mol. The number of aromatic nitrogens is 1. The Bertz CT molecular complexity index is 980. The lowest BCUT2D eigenvalue weighted by molar-refractivity contribution is 0.0596. The third-order valence-electron chi connectivity index (χ3n) is 4.46. The summed E-state index contributed by atoms with van der Waals surface area (Å²) in [5.41, 5.74) is 1.37. The molecule has 0 bridgehead atoms. The molecule has 4 rings (SSSR count). The van der Waals surface area contributed by atoms with E-state index < -0.39 is 0 Å². The van der Waals surface area contributed by atoms with Crippen LogP contribution in [0.5, 0.6) is 10.9 Å². The van der Waals surface area contributed by atoms with Crippen molar-refractivity contribution < 1.29 is 14.3 Å². The normalized spacial score (nSPS) is 15.3. The van der Waals surface area contributed by atoms with Crippen molar-refractivity contribution in [3.63, 3.8) is 0 Å². The maximum Gasteiger partial charge on any atom is 0.274 e. The highest BCUT2D eigenvalue weighted by molar-refractivity contribution is 7.20. The van der Waals surface area contributed by atoms with Crippen molar-refractivity contribution in [1.29, 1.82) is 0 Å². The standard InChI is InChI=1S/C18H16Cl2N2O3S2/c1-24-11-2-3-13-14(8-11)26-18(21-13)25-10-4-6-22(7-5-10)17(23)12-9-15(19)27-16(12)20/h2-3,8-10H,4-7H2,1H3. The molecule has 0 radical (unpaired) electrons. The number of halogens is 2. The fourth-order valence-corrected chi connectivity index (χ4v) is 5.39. The number of rotatable bonds is 4. The molecular formula is C18H16Cl2N2O3S2. The van der Waals surface area contributed by atoms with Gasteiger partial charge in [-0.25, -0.2) is 4.98 Å². The lowest BCUT2D eigenvalue weighted by Gasteiger charge is -2.31. The largest absolute Gasteiger partial charge is 0.497 e. The zero-order valence-corrected chi connectivity index (χ0v) is 17.6. The van der Waals surface area contributed by atoms with Crippen molar-refractivity contribution in [3.8, 4) is 10.9 Å². The van der Waals surface area contributed by atoms with Crippen molar-refractivity contribution >= 4 is 62.0 Å². The van der Waals surface area contributed by atoms with Gasteiger partial charge in [-0.3, -0.25) is 4.79 Å². The Hall–Kier alpha value is -1.54. The van der Waals surface area contributed by atoms with Gasteiger partial charge in [0.15, 0.2) is 0 Å². The van der Waals surface area contributed by atoms with Crippen LogP contribution >= 0.6 is 45.9 Å². The number of ether oxygens (including phenoxy) is 2. The molecule has 1 aliphatic rings. The summed E-state index contributed by atoms with van der Waals surface area (Å²) < 4.78 is 13.3. The number of carbonyl (C=O) groups is 1. The third kappa shape index (κ3) is 4.01. The number of hydrogen-bond donors (Lipinski definition) is 0. The van der Waals surface area contributed by atoms with Gasteiger partial charge in [-0.15, -0.1) is 11.3 Å². The van der Waals surface area contributed by atoms with Gasteiger partial charge in [0, 0.05) is 25.9 Å². The second kappa shape index (κ2) is 7.83. The first-order chi connectivity index (χ1) is 13.0. The highest BCUT2D eigenvalue weighted by Crippen LogP contribution is 2.34. The van der Waals surface area contributed by atoms with Crippen molar-refractivity contribution in [3.05, 3.63) is 38.5 Å². The van der Waals surface area contributed by atoms with Gasteiger partial charge >= 0.3 is 0 Å². The SMILES string of the molecule is COc1ccc2nc(OC3CCN(C(=O)c4cc(Cl)sc4Cl)CC3)sc2c1. The third-order valence-corrected chi connectivity index (χ3v) is 6.86. The first-order valence-electron chi connectivity index (χ1n) is 8.39. The zero-order valence-electron chi connectivity index (χ0n) is 14.4. The molecule has 27 heavy (non-hydrogen) atoms. The molecule has 0 atom stereocenters. The number of piperidine rings is 1. The van der Waals surface area contributed by atoms with E-state index in [0.717, 1.165) is 28.8 Å². The van der Waals surface area contributed by atoms with Gasteiger partial charge in [0.05, 0.1) is 27.2 Å². The molecule has 9 heteroatoms. The summed E-state index contributed by atoms with van der Waals surface area (Å²) in [6.45, 7) is 1.23. The Morgan fingerprint density at radius 1 is 1.22 bits per heavy atom. The second-order valence-electron chi connectivity index (χ2n) is 6.16. The molecule has 0 saturated carbocycles. The Morgan fingerprint density at radius 2 is 2.00 bits per heavy atom. The first kappa shape index (κ1) is 18.8. The molecule has 142 valence electrons. The fraction of sp³-hybridized carbons (Fsp3) is 0.333. The van der Waals surface area contributed by atoms with Gasteiger partial charge in [-0.05, 0) is 24.3 Å². The number of thiazole rings is 1. The highest BCUT2D eigenvalue weighted by atomic mass is 35.5. The van der Waals surface area contributed by atoms with Crippen LogP contribution in [-0.4, -0.2) is 42.1 Å². The molecule has 3 heterocycles. The molecule has 1 amide bonds. The Labute approximate surface area is 174 Å². The van der Waals surface area contributed by atoms with Gasteiger partial charge in [-0.1, -0.05) is 34.5 Å². The molecule has 1 aliphatic heterocycles. The van der Waals surface area contributed by atoms with Crippen LogP contribution in [0.2, 0.25) is 8.67 Å². The van der Waals surface area contributed by atoms with E-state index in [1.807, 2.05) is 18.2 Å². The summed E-state index contributed by atoms with van der Waals surface area (Å²) in [7, 11) is 1.64. The molecule has 0 aliphatic carbocycles. The zero-order chi connectivity index (χ0) is 19.0. The van der Waals surface area contributed by atoms with Crippen molar-refractivity contribution in [2.75, 3.05) is 20.2 Å².